The molecule has 1 aromatic rings. The molecule has 3 nitrogen and oxygen atoms in total. The maximum atomic E-state index is 9.54. The first kappa shape index (κ1) is 10.5. The number of hydrogen-bond acceptors (Lipinski definition) is 3. The highest BCUT2D eigenvalue weighted by Gasteiger charge is 2.17. The Labute approximate surface area is 90.5 Å². The number of nitrogens with zero attached hydrogens (tertiary/aromatic N) is 1. The molecule has 1 atom stereocenters. The van der Waals surface area contributed by atoms with E-state index in [1.165, 1.54) is 5.56 Å². The molecular formula is C12H18N2O. The number of β-amino-alcohol motifs (C(OH)–C–C–N with tert-alkyl or cyclic N) is 1. The van der Waals surface area contributed by atoms with Crippen molar-refractivity contribution >= 4 is 5.69 Å². The SMILES string of the molecule is Nc1ccc(CN2CCCC(O)C2)cc1. The van der Waals surface area contributed by atoms with Gasteiger partial charge in [0.1, 0.15) is 0 Å². The molecule has 2 rings (SSSR count). The highest BCUT2D eigenvalue weighted by atomic mass is 16.3. The van der Waals surface area contributed by atoms with Gasteiger partial charge in [-0.2, -0.15) is 0 Å². The monoisotopic (exact) mass is 206 g/mol. The smallest absolute Gasteiger partial charge is 0.0667 e. The van der Waals surface area contributed by atoms with Gasteiger partial charge >= 0.3 is 0 Å². The van der Waals surface area contributed by atoms with Gasteiger partial charge in [0.15, 0.2) is 0 Å². The van der Waals surface area contributed by atoms with E-state index in [4.69, 9.17) is 5.73 Å². The van der Waals surface area contributed by atoms with Gasteiger partial charge in [-0.05, 0) is 37.1 Å². The minimum absolute atomic E-state index is 0.146. The Balaban J connectivity index is 1.93. The van der Waals surface area contributed by atoms with Crippen LogP contribution in [-0.2, 0) is 6.54 Å². The number of benzene rings is 1. The van der Waals surface area contributed by atoms with Crippen molar-refractivity contribution in [1.82, 2.24) is 4.90 Å². The molecular weight excluding hydrogens is 188 g/mol. The fourth-order valence-corrected chi connectivity index (χ4v) is 2.06. The normalized spacial score (nSPS) is 22.9. The molecule has 0 amide bonds. The number of likely N-dealkylation sites (tertiary alicyclic amines) is 1. The molecule has 1 heterocycles. The molecule has 0 radical (unpaired) electrons. The first-order valence-electron chi connectivity index (χ1n) is 5.49. The summed E-state index contributed by atoms with van der Waals surface area (Å²) < 4.78 is 0. The zero-order valence-corrected chi connectivity index (χ0v) is 8.89. The molecule has 3 heteroatoms. The lowest BCUT2D eigenvalue weighted by molar-refractivity contribution is 0.0668. The van der Waals surface area contributed by atoms with Crippen molar-refractivity contribution in [2.24, 2.45) is 0 Å². The molecule has 1 saturated heterocycles. The number of nitrogens with two attached hydrogens (primary N) is 1. The Bertz CT molecular complexity index is 310. The second-order valence-electron chi connectivity index (χ2n) is 4.27. The van der Waals surface area contributed by atoms with Crippen LogP contribution in [0.4, 0.5) is 5.69 Å². The maximum Gasteiger partial charge on any atom is 0.0667 e. The van der Waals surface area contributed by atoms with Crippen LogP contribution in [0.5, 0.6) is 0 Å². The highest BCUT2D eigenvalue weighted by molar-refractivity contribution is 5.39. The van der Waals surface area contributed by atoms with Crippen LogP contribution < -0.4 is 5.73 Å². The quantitative estimate of drug-likeness (QED) is 0.715. The zero-order valence-electron chi connectivity index (χ0n) is 8.89. The van der Waals surface area contributed by atoms with E-state index in [1.54, 1.807) is 0 Å². The van der Waals surface area contributed by atoms with E-state index in [2.05, 4.69) is 17.0 Å². The maximum absolute atomic E-state index is 9.54. The predicted molar refractivity (Wildman–Crippen MR) is 61.4 cm³/mol. The second kappa shape index (κ2) is 4.64. The van der Waals surface area contributed by atoms with Crippen LogP contribution in [0.25, 0.3) is 0 Å². The van der Waals surface area contributed by atoms with Crippen LogP contribution in [0.1, 0.15) is 18.4 Å². The molecule has 1 unspecified atom stereocenters. The zero-order chi connectivity index (χ0) is 10.7. The van der Waals surface area contributed by atoms with Crippen LogP contribution in [0, 0.1) is 0 Å². The van der Waals surface area contributed by atoms with Gasteiger partial charge in [0.2, 0.25) is 0 Å². The van der Waals surface area contributed by atoms with Gasteiger partial charge in [-0.1, -0.05) is 12.1 Å². The number of nitrogen functional groups attached to an aromatic ring is 1. The van der Waals surface area contributed by atoms with Crippen molar-refractivity contribution in [3.63, 3.8) is 0 Å². The molecule has 1 aromatic carbocycles. The number of rotatable bonds is 2. The third kappa shape index (κ3) is 2.94. The van der Waals surface area contributed by atoms with E-state index in [0.29, 0.717) is 0 Å². The summed E-state index contributed by atoms with van der Waals surface area (Å²) in [5.41, 5.74) is 7.69. The van der Waals surface area contributed by atoms with Crippen molar-refractivity contribution < 1.29 is 5.11 Å². The topological polar surface area (TPSA) is 49.5 Å². The van der Waals surface area contributed by atoms with Gasteiger partial charge < -0.3 is 10.8 Å². The summed E-state index contributed by atoms with van der Waals surface area (Å²) in [6, 6.07) is 7.96. The lowest BCUT2D eigenvalue weighted by Crippen LogP contribution is -2.37. The van der Waals surface area contributed by atoms with E-state index < -0.39 is 0 Å². The number of piperidine rings is 1. The molecule has 0 aliphatic carbocycles. The molecule has 0 bridgehead atoms. The third-order valence-corrected chi connectivity index (χ3v) is 2.87. The standard InChI is InChI=1S/C12H18N2O/c13-11-5-3-10(4-6-11)8-14-7-1-2-12(15)9-14/h3-6,12,15H,1-2,7-9,13H2. The van der Waals surface area contributed by atoms with Crippen LogP contribution in [0.2, 0.25) is 0 Å². The molecule has 0 aromatic heterocycles. The van der Waals surface area contributed by atoms with Crippen molar-refractivity contribution in [2.45, 2.75) is 25.5 Å². The van der Waals surface area contributed by atoms with Crippen molar-refractivity contribution in [3.05, 3.63) is 29.8 Å². The molecule has 82 valence electrons. The van der Waals surface area contributed by atoms with Crippen LogP contribution in [-0.4, -0.2) is 29.2 Å². The summed E-state index contributed by atoms with van der Waals surface area (Å²) >= 11 is 0. The third-order valence-electron chi connectivity index (χ3n) is 2.87. The first-order valence-corrected chi connectivity index (χ1v) is 5.49. The molecule has 0 spiro atoms. The van der Waals surface area contributed by atoms with Gasteiger partial charge in [0.25, 0.3) is 0 Å². The van der Waals surface area contributed by atoms with E-state index >= 15 is 0 Å². The predicted octanol–water partition coefficient (Wildman–Crippen LogP) is 1.23. The summed E-state index contributed by atoms with van der Waals surface area (Å²) in [6.07, 6.45) is 1.89. The van der Waals surface area contributed by atoms with E-state index in [9.17, 15) is 5.11 Å². The Morgan fingerprint density at radius 3 is 2.73 bits per heavy atom. The Morgan fingerprint density at radius 2 is 2.07 bits per heavy atom. The molecule has 1 aliphatic heterocycles. The number of anilines is 1. The molecule has 3 N–H and O–H groups in total. The fraction of sp³-hybridized carbons (Fsp3) is 0.500. The van der Waals surface area contributed by atoms with Gasteiger partial charge in [-0.3, -0.25) is 4.90 Å². The van der Waals surface area contributed by atoms with Gasteiger partial charge in [-0.15, -0.1) is 0 Å². The summed E-state index contributed by atoms with van der Waals surface area (Å²) in [4.78, 5) is 2.29. The summed E-state index contributed by atoms with van der Waals surface area (Å²) in [7, 11) is 0. The summed E-state index contributed by atoms with van der Waals surface area (Å²) in [6.45, 7) is 2.79. The van der Waals surface area contributed by atoms with Crippen molar-refractivity contribution in [3.8, 4) is 0 Å². The average molecular weight is 206 g/mol. The van der Waals surface area contributed by atoms with Crippen molar-refractivity contribution in [1.29, 1.82) is 0 Å². The van der Waals surface area contributed by atoms with Gasteiger partial charge in [0, 0.05) is 18.8 Å². The lowest BCUT2D eigenvalue weighted by atomic mass is 10.1. The Hall–Kier alpha value is -1.06. The van der Waals surface area contributed by atoms with Crippen molar-refractivity contribution in [2.75, 3.05) is 18.8 Å². The van der Waals surface area contributed by atoms with Crippen LogP contribution in [0.3, 0.4) is 0 Å². The Kier molecular flexibility index (Phi) is 3.23. The summed E-state index contributed by atoms with van der Waals surface area (Å²) in [5.74, 6) is 0. The van der Waals surface area contributed by atoms with E-state index in [1.807, 2.05) is 12.1 Å². The summed E-state index contributed by atoms with van der Waals surface area (Å²) in [5, 5.41) is 9.54. The van der Waals surface area contributed by atoms with E-state index in [-0.39, 0.29) is 6.10 Å². The fourth-order valence-electron chi connectivity index (χ4n) is 2.06. The molecule has 1 aliphatic rings. The minimum atomic E-state index is -0.146. The number of hydrogen-bond donors (Lipinski definition) is 2. The molecule has 1 fully saturated rings. The van der Waals surface area contributed by atoms with Gasteiger partial charge in [-0.25, -0.2) is 0 Å². The molecule has 15 heavy (non-hydrogen) atoms. The lowest BCUT2D eigenvalue weighted by Gasteiger charge is -2.29. The second-order valence-corrected chi connectivity index (χ2v) is 4.27. The van der Waals surface area contributed by atoms with E-state index in [0.717, 1.165) is 38.2 Å². The van der Waals surface area contributed by atoms with Crippen LogP contribution in [0.15, 0.2) is 24.3 Å². The first-order chi connectivity index (χ1) is 7.24. The number of aliphatic hydroxyl groups excluding tert-OH is 1. The molecule has 0 saturated carbocycles. The number of aliphatic hydroxyl groups is 1. The minimum Gasteiger partial charge on any atom is -0.399 e. The Morgan fingerprint density at radius 1 is 1.33 bits per heavy atom. The van der Waals surface area contributed by atoms with Gasteiger partial charge in [0.05, 0.1) is 6.10 Å². The highest BCUT2D eigenvalue weighted by Crippen LogP contribution is 2.14. The largest absolute Gasteiger partial charge is 0.399 e. The average Bonchev–Trinajstić information content (AvgIpc) is 2.22. The van der Waals surface area contributed by atoms with Crippen LogP contribution >= 0.6 is 0 Å².